The molecule has 0 saturated carbocycles. The van der Waals surface area contributed by atoms with E-state index in [1.807, 2.05) is 6.92 Å². The zero-order valence-corrected chi connectivity index (χ0v) is 20.7. The van der Waals surface area contributed by atoms with Crippen LogP contribution in [0.5, 0.6) is 0 Å². The molecular formula is C28H24ClNO7. The molecule has 0 aliphatic carbocycles. The van der Waals surface area contributed by atoms with E-state index >= 15 is 0 Å². The second-order valence-corrected chi connectivity index (χ2v) is 8.52. The average Bonchev–Trinajstić information content (AvgIpc) is 2.90. The fraction of sp³-hybridized carbons (Fsp3) is 0.179. The summed E-state index contributed by atoms with van der Waals surface area (Å²) in [6, 6.07) is 19.0. The molecule has 0 radical (unpaired) electrons. The minimum atomic E-state index is -0.684. The summed E-state index contributed by atoms with van der Waals surface area (Å²) >= 11 is 5.77. The number of rotatable bonds is 11. The van der Waals surface area contributed by atoms with Gasteiger partial charge in [-0.15, -0.1) is 0 Å². The van der Waals surface area contributed by atoms with Gasteiger partial charge in [-0.25, -0.2) is 4.79 Å². The van der Waals surface area contributed by atoms with Crippen molar-refractivity contribution in [1.82, 2.24) is 0 Å². The van der Waals surface area contributed by atoms with Gasteiger partial charge in [-0.3, -0.25) is 19.2 Å². The molecule has 9 heteroatoms. The monoisotopic (exact) mass is 521 g/mol. The SMILES string of the molecule is Cc1ccc(C(=O)COC(=O)c2ccc(NC(=O)CCC(=O)OCC(=O)c3ccc(Cl)cc3)cc2)cc1. The summed E-state index contributed by atoms with van der Waals surface area (Å²) in [6.45, 7) is 1.08. The largest absolute Gasteiger partial charge is 0.457 e. The van der Waals surface area contributed by atoms with Crippen LogP contribution in [0, 0.1) is 6.92 Å². The van der Waals surface area contributed by atoms with Gasteiger partial charge in [0.2, 0.25) is 5.91 Å². The van der Waals surface area contributed by atoms with Crippen molar-refractivity contribution in [1.29, 1.82) is 0 Å². The average molecular weight is 522 g/mol. The highest BCUT2D eigenvalue weighted by atomic mass is 35.5. The van der Waals surface area contributed by atoms with Crippen molar-refractivity contribution in [3.63, 3.8) is 0 Å². The van der Waals surface area contributed by atoms with Crippen LogP contribution < -0.4 is 5.32 Å². The molecule has 1 N–H and O–H groups in total. The molecule has 0 heterocycles. The van der Waals surface area contributed by atoms with Crippen LogP contribution in [0.1, 0.15) is 49.5 Å². The first kappa shape index (κ1) is 27.3. The van der Waals surface area contributed by atoms with Gasteiger partial charge in [0.1, 0.15) is 0 Å². The predicted molar refractivity (Wildman–Crippen MR) is 137 cm³/mol. The molecule has 0 spiro atoms. The number of esters is 2. The number of Topliss-reactive ketones (excluding diaryl/α,β-unsaturated/α-hetero) is 2. The quantitative estimate of drug-likeness (QED) is 0.283. The first-order valence-corrected chi connectivity index (χ1v) is 11.7. The molecule has 3 rings (SSSR count). The van der Waals surface area contributed by atoms with Crippen molar-refractivity contribution in [3.8, 4) is 0 Å². The molecule has 0 unspecified atom stereocenters. The van der Waals surface area contributed by atoms with Gasteiger partial charge >= 0.3 is 11.9 Å². The van der Waals surface area contributed by atoms with Crippen LogP contribution in [-0.4, -0.2) is 42.6 Å². The molecule has 0 saturated heterocycles. The summed E-state index contributed by atoms with van der Waals surface area (Å²) in [5, 5.41) is 3.09. The third-order valence-corrected chi connectivity index (χ3v) is 5.45. The van der Waals surface area contributed by atoms with Gasteiger partial charge in [0.25, 0.3) is 0 Å². The number of benzene rings is 3. The maximum atomic E-state index is 12.2. The van der Waals surface area contributed by atoms with Gasteiger partial charge < -0.3 is 14.8 Å². The van der Waals surface area contributed by atoms with E-state index in [-0.39, 0.29) is 36.6 Å². The Hall–Kier alpha value is -4.30. The van der Waals surface area contributed by atoms with Gasteiger partial charge in [-0.2, -0.15) is 0 Å². The van der Waals surface area contributed by atoms with Crippen LogP contribution >= 0.6 is 11.6 Å². The molecule has 3 aromatic rings. The summed E-state index contributed by atoms with van der Waals surface area (Å²) in [7, 11) is 0. The lowest BCUT2D eigenvalue weighted by Crippen LogP contribution is -2.17. The Labute approximate surface area is 218 Å². The summed E-state index contributed by atoms with van der Waals surface area (Å²) in [6.07, 6.45) is -0.363. The third kappa shape index (κ3) is 8.70. The third-order valence-electron chi connectivity index (χ3n) is 5.20. The molecule has 0 atom stereocenters. The standard InChI is InChI=1S/C28H24ClNO7/c1-18-2-4-19(5-3-18)25(32)17-37-28(35)21-8-12-23(13-9-21)30-26(33)14-15-27(34)36-16-24(31)20-6-10-22(29)11-7-20/h2-13H,14-17H2,1H3,(H,30,33). The number of carbonyl (C=O) groups is 5. The first-order chi connectivity index (χ1) is 17.7. The summed E-state index contributed by atoms with van der Waals surface area (Å²) in [5.41, 5.74) is 2.45. The number of hydrogen-bond donors (Lipinski definition) is 1. The first-order valence-electron chi connectivity index (χ1n) is 11.3. The lowest BCUT2D eigenvalue weighted by Gasteiger charge is -2.08. The number of amides is 1. The number of ether oxygens (including phenoxy) is 2. The minimum absolute atomic E-state index is 0.154. The predicted octanol–water partition coefficient (Wildman–Crippen LogP) is 4.83. The fourth-order valence-electron chi connectivity index (χ4n) is 3.10. The van der Waals surface area contributed by atoms with Crippen LogP contribution in [0.25, 0.3) is 0 Å². The van der Waals surface area contributed by atoms with Crippen molar-refractivity contribution in [2.24, 2.45) is 0 Å². The van der Waals surface area contributed by atoms with Crippen LogP contribution in [0.2, 0.25) is 5.02 Å². The Balaban J connectivity index is 1.38. The Kier molecular flexibility index (Phi) is 9.69. The Morgan fingerprint density at radius 2 is 1.19 bits per heavy atom. The Morgan fingerprint density at radius 1 is 0.676 bits per heavy atom. The van der Waals surface area contributed by atoms with Gasteiger partial charge in [0, 0.05) is 28.3 Å². The van der Waals surface area contributed by atoms with Crippen molar-refractivity contribution in [2.45, 2.75) is 19.8 Å². The molecule has 3 aromatic carbocycles. The number of anilines is 1. The van der Waals surface area contributed by atoms with Crippen molar-refractivity contribution < 1.29 is 33.4 Å². The van der Waals surface area contributed by atoms with E-state index in [9.17, 15) is 24.0 Å². The molecule has 0 aliphatic heterocycles. The molecule has 8 nitrogen and oxygen atoms in total. The maximum absolute atomic E-state index is 12.2. The van der Waals surface area contributed by atoms with Gasteiger partial charge in [-0.05, 0) is 55.5 Å². The van der Waals surface area contributed by atoms with Gasteiger partial charge in [0.15, 0.2) is 24.8 Å². The fourth-order valence-corrected chi connectivity index (χ4v) is 3.23. The molecule has 0 aliphatic rings. The highest BCUT2D eigenvalue weighted by Crippen LogP contribution is 2.13. The highest BCUT2D eigenvalue weighted by Gasteiger charge is 2.14. The molecule has 190 valence electrons. The maximum Gasteiger partial charge on any atom is 0.338 e. The van der Waals surface area contributed by atoms with Gasteiger partial charge in [-0.1, -0.05) is 41.4 Å². The van der Waals surface area contributed by atoms with Crippen molar-refractivity contribution in [2.75, 3.05) is 18.5 Å². The number of nitrogens with one attached hydrogen (secondary N) is 1. The van der Waals surface area contributed by atoms with E-state index in [1.165, 1.54) is 36.4 Å². The van der Waals surface area contributed by atoms with E-state index in [1.54, 1.807) is 36.4 Å². The van der Waals surface area contributed by atoms with Crippen LogP contribution in [0.4, 0.5) is 5.69 Å². The van der Waals surface area contributed by atoms with Crippen molar-refractivity contribution >= 4 is 46.7 Å². The molecule has 37 heavy (non-hydrogen) atoms. The Morgan fingerprint density at radius 3 is 1.78 bits per heavy atom. The van der Waals surface area contributed by atoms with E-state index < -0.39 is 24.5 Å². The number of carbonyl (C=O) groups excluding carboxylic acids is 5. The summed E-state index contributed by atoms with van der Waals surface area (Å²) in [5.74, 6) is -2.50. The number of aryl methyl sites for hydroxylation is 1. The zero-order chi connectivity index (χ0) is 26.8. The second-order valence-electron chi connectivity index (χ2n) is 8.08. The van der Waals surface area contributed by atoms with E-state index in [0.717, 1.165) is 5.56 Å². The van der Waals surface area contributed by atoms with Crippen LogP contribution in [-0.2, 0) is 19.1 Å². The van der Waals surface area contributed by atoms with E-state index in [2.05, 4.69) is 5.32 Å². The second kappa shape index (κ2) is 13.1. The Bertz CT molecular complexity index is 1280. The lowest BCUT2D eigenvalue weighted by molar-refractivity contribution is -0.143. The minimum Gasteiger partial charge on any atom is -0.457 e. The zero-order valence-electron chi connectivity index (χ0n) is 20.0. The van der Waals surface area contributed by atoms with Crippen molar-refractivity contribution in [3.05, 3.63) is 100 Å². The molecular weight excluding hydrogens is 498 g/mol. The summed E-state index contributed by atoms with van der Waals surface area (Å²) < 4.78 is 10.0. The number of hydrogen-bond acceptors (Lipinski definition) is 7. The smallest absolute Gasteiger partial charge is 0.338 e. The van der Waals surface area contributed by atoms with Crippen LogP contribution in [0.3, 0.4) is 0 Å². The number of halogens is 1. The van der Waals surface area contributed by atoms with E-state index in [0.29, 0.717) is 21.8 Å². The van der Waals surface area contributed by atoms with E-state index in [4.69, 9.17) is 21.1 Å². The molecule has 0 aromatic heterocycles. The highest BCUT2D eigenvalue weighted by molar-refractivity contribution is 6.30. The normalized spacial score (nSPS) is 10.3. The molecule has 0 bridgehead atoms. The summed E-state index contributed by atoms with van der Waals surface area (Å²) in [4.78, 5) is 60.4. The topological polar surface area (TPSA) is 116 Å². The molecule has 1 amide bonds. The van der Waals surface area contributed by atoms with Gasteiger partial charge in [0.05, 0.1) is 12.0 Å². The van der Waals surface area contributed by atoms with Crippen LogP contribution in [0.15, 0.2) is 72.8 Å². The number of ketones is 2. The molecule has 0 fully saturated rings. The lowest BCUT2D eigenvalue weighted by atomic mass is 10.1.